The third-order valence-electron chi connectivity index (χ3n) is 6.17. The second-order valence-electron chi connectivity index (χ2n) is 9.71. The lowest BCUT2D eigenvalue weighted by Gasteiger charge is -2.33. The van der Waals surface area contributed by atoms with Crippen molar-refractivity contribution in [3.05, 3.63) is 65.2 Å². The summed E-state index contributed by atoms with van der Waals surface area (Å²) in [6.07, 6.45) is 2.18. The number of nitrogens with zero attached hydrogens (tertiary/aromatic N) is 1. The first-order chi connectivity index (χ1) is 15.3. The van der Waals surface area contributed by atoms with Crippen LogP contribution in [0.2, 0.25) is 0 Å². The Morgan fingerprint density at radius 2 is 1.94 bits per heavy atom. The van der Waals surface area contributed by atoms with Crippen LogP contribution in [0.5, 0.6) is 5.75 Å². The van der Waals surface area contributed by atoms with Crippen LogP contribution in [-0.4, -0.2) is 37.5 Å². The molecule has 0 aromatic heterocycles. The van der Waals surface area contributed by atoms with E-state index >= 15 is 0 Å². The van der Waals surface area contributed by atoms with E-state index in [1.165, 1.54) is 4.31 Å². The SMILES string of the molecule is C=C(C)c1cc(C(C)(C)C)cc(S(=O)(=O)N(C)[C@@H]2CCCc3c(OCC(=O)O)cccc32)c1. The largest absolute Gasteiger partial charge is 0.482 e. The number of aliphatic carboxylic acids is 1. The van der Waals surface area contributed by atoms with E-state index in [9.17, 15) is 13.2 Å². The van der Waals surface area contributed by atoms with Crippen LogP contribution in [-0.2, 0) is 26.7 Å². The Labute approximate surface area is 196 Å². The fourth-order valence-corrected chi connectivity index (χ4v) is 5.64. The monoisotopic (exact) mass is 471 g/mol. The van der Waals surface area contributed by atoms with Crippen LogP contribution in [0.25, 0.3) is 5.57 Å². The fourth-order valence-electron chi connectivity index (χ4n) is 4.20. The van der Waals surface area contributed by atoms with Crippen molar-refractivity contribution in [2.75, 3.05) is 13.7 Å². The zero-order valence-corrected chi connectivity index (χ0v) is 20.8. The van der Waals surface area contributed by atoms with Gasteiger partial charge in [0.1, 0.15) is 5.75 Å². The molecule has 0 amide bonds. The lowest BCUT2D eigenvalue weighted by atomic mass is 9.85. The molecule has 0 unspecified atom stereocenters. The van der Waals surface area contributed by atoms with Crippen LogP contribution in [0, 0.1) is 0 Å². The molecule has 6 nitrogen and oxygen atoms in total. The van der Waals surface area contributed by atoms with Crippen molar-refractivity contribution in [3.8, 4) is 5.75 Å². The van der Waals surface area contributed by atoms with Gasteiger partial charge in [-0.3, -0.25) is 0 Å². The maximum absolute atomic E-state index is 13.8. The van der Waals surface area contributed by atoms with E-state index in [1.54, 1.807) is 31.3 Å². The van der Waals surface area contributed by atoms with Crippen molar-refractivity contribution >= 4 is 21.6 Å². The molecule has 0 fully saturated rings. The minimum absolute atomic E-state index is 0.220. The molecule has 33 heavy (non-hydrogen) atoms. The number of allylic oxidation sites excluding steroid dienone is 1. The molecule has 0 spiro atoms. The first kappa shape index (κ1) is 25.0. The van der Waals surface area contributed by atoms with E-state index < -0.39 is 22.6 Å². The molecule has 2 aromatic rings. The first-order valence-electron chi connectivity index (χ1n) is 11.1. The minimum Gasteiger partial charge on any atom is -0.482 e. The van der Waals surface area contributed by atoms with E-state index in [1.807, 2.05) is 19.1 Å². The fraction of sp³-hybridized carbons (Fsp3) is 0.423. The average Bonchev–Trinajstić information content (AvgIpc) is 2.75. The Morgan fingerprint density at radius 1 is 1.24 bits per heavy atom. The second kappa shape index (κ2) is 9.31. The summed E-state index contributed by atoms with van der Waals surface area (Å²) < 4.78 is 34.5. The summed E-state index contributed by atoms with van der Waals surface area (Å²) in [5, 5.41) is 8.97. The maximum atomic E-state index is 13.8. The third-order valence-corrected chi connectivity index (χ3v) is 8.01. The van der Waals surface area contributed by atoms with E-state index in [0.717, 1.165) is 40.7 Å². The third kappa shape index (κ3) is 5.31. The molecule has 0 bridgehead atoms. The number of fused-ring (bicyclic) bond motifs is 1. The van der Waals surface area contributed by atoms with Crippen molar-refractivity contribution in [1.82, 2.24) is 4.31 Å². The number of carbonyl (C=O) groups is 1. The Kier molecular flexibility index (Phi) is 7.05. The quantitative estimate of drug-likeness (QED) is 0.602. The molecule has 1 N–H and O–H groups in total. The van der Waals surface area contributed by atoms with Gasteiger partial charge in [-0.2, -0.15) is 4.31 Å². The highest BCUT2D eigenvalue weighted by Crippen LogP contribution is 2.40. The normalized spacial score (nSPS) is 16.4. The van der Waals surface area contributed by atoms with E-state index in [2.05, 4.69) is 27.4 Å². The van der Waals surface area contributed by atoms with E-state index in [4.69, 9.17) is 9.84 Å². The van der Waals surface area contributed by atoms with Gasteiger partial charge in [-0.05, 0) is 72.1 Å². The van der Waals surface area contributed by atoms with Gasteiger partial charge in [-0.1, -0.05) is 51.1 Å². The highest BCUT2D eigenvalue weighted by Gasteiger charge is 2.34. The molecule has 1 atom stereocenters. The number of carboxylic acid groups (broad SMARTS) is 1. The standard InChI is InChI=1S/C26H33NO5S/c1-17(2)18-13-19(26(3,4)5)15-20(14-18)33(30,31)27(6)23-11-7-10-22-21(23)9-8-12-24(22)32-16-25(28)29/h8-9,12-15,23H,1,7,10-11,16H2,2-6H3,(H,28,29)/t23-/m1/s1. The molecule has 0 saturated heterocycles. The summed E-state index contributed by atoms with van der Waals surface area (Å²) in [6.45, 7) is 11.6. The summed E-state index contributed by atoms with van der Waals surface area (Å²) in [5.74, 6) is -0.545. The molecule has 0 radical (unpaired) electrons. The summed E-state index contributed by atoms with van der Waals surface area (Å²) in [5.41, 5.74) is 4.07. The summed E-state index contributed by atoms with van der Waals surface area (Å²) in [7, 11) is -2.19. The van der Waals surface area contributed by atoms with Gasteiger partial charge in [0.05, 0.1) is 10.9 Å². The molecule has 0 aliphatic heterocycles. The highest BCUT2D eigenvalue weighted by atomic mass is 32.2. The van der Waals surface area contributed by atoms with Crippen LogP contribution in [0.15, 0.2) is 47.9 Å². The van der Waals surface area contributed by atoms with Crippen molar-refractivity contribution < 1.29 is 23.1 Å². The zero-order chi connectivity index (χ0) is 24.6. The molecule has 0 heterocycles. The van der Waals surface area contributed by atoms with Crippen molar-refractivity contribution in [1.29, 1.82) is 0 Å². The first-order valence-corrected chi connectivity index (χ1v) is 12.5. The molecule has 0 saturated carbocycles. The summed E-state index contributed by atoms with van der Waals surface area (Å²) in [6, 6.07) is 10.5. The molecular formula is C26H33NO5S. The molecule has 2 aromatic carbocycles. The molecule has 7 heteroatoms. The van der Waals surface area contributed by atoms with Crippen molar-refractivity contribution in [2.24, 2.45) is 0 Å². The Bertz CT molecular complexity index is 1180. The number of rotatable bonds is 7. The molecule has 3 rings (SSSR count). The molecule has 1 aliphatic carbocycles. The predicted molar refractivity (Wildman–Crippen MR) is 130 cm³/mol. The van der Waals surface area contributed by atoms with Crippen molar-refractivity contribution in [2.45, 2.75) is 63.3 Å². The number of carboxylic acids is 1. The van der Waals surface area contributed by atoms with Gasteiger partial charge in [-0.25, -0.2) is 13.2 Å². The van der Waals surface area contributed by atoms with Gasteiger partial charge in [0.15, 0.2) is 6.61 Å². The van der Waals surface area contributed by atoms with E-state index in [-0.39, 0.29) is 16.4 Å². The van der Waals surface area contributed by atoms with E-state index in [0.29, 0.717) is 12.2 Å². The topological polar surface area (TPSA) is 83.9 Å². The van der Waals surface area contributed by atoms with Gasteiger partial charge >= 0.3 is 5.97 Å². The summed E-state index contributed by atoms with van der Waals surface area (Å²) in [4.78, 5) is 11.2. The van der Waals surface area contributed by atoms with Crippen LogP contribution in [0.1, 0.15) is 68.8 Å². The summed E-state index contributed by atoms with van der Waals surface area (Å²) >= 11 is 0. The van der Waals surface area contributed by atoms with Crippen LogP contribution >= 0.6 is 0 Å². The van der Waals surface area contributed by atoms with Crippen LogP contribution < -0.4 is 4.74 Å². The van der Waals surface area contributed by atoms with Gasteiger partial charge in [-0.15, -0.1) is 0 Å². The minimum atomic E-state index is -3.80. The highest BCUT2D eigenvalue weighted by molar-refractivity contribution is 7.89. The molecule has 178 valence electrons. The molecular weight excluding hydrogens is 438 g/mol. The molecule has 1 aliphatic rings. The number of sulfonamides is 1. The number of hydrogen-bond acceptors (Lipinski definition) is 4. The number of hydrogen-bond donors (Lipinski definition) is 1. The van der Waals surface area contributed by atoms with Crippen LogP contribution in [0.4, 0.5) is 0 Å². The number of ether oxygens (including phenoxy) is 1. The predicted octanol–water partition coefficient (Wildman–Crippen LogP) is 5.18. The lowest BCUT2D eigenvalue weighted by Crippen LogP contribution is -2.34. The van der Waals surface area contributed by atoms with Gasteiger partial charge in [0.25, 0.3) is 0 Å². The second-order valence-corrected chi connectivity index (χ2v) is 11.7. The van der Waals surface area contributed by atoms with Crippen LogP contribution in [0.3, 0.4) is 0 Å². The van der Waals surface area contributed by atoms with Crippen molar-refractivity contribution in [3.63, 3.8) is 0 Å². The van der Waals surface area contributed by atoms with Gasteiger partial charge in [0.2, 0.25) is 10.0 Å². The van der Waals surface area contributed by atoms with Gasteiger partial charge < -0.3 is 9.84 Å². The average molecular weight is 472 g/mol. The number of benzene rings is 2. The maximum Gasteiger partial charge on any atom is 0.341 e. The smallest absolute Gasteiger partial charge is 0.341 e. The zero-order valence-electron chi connectivity index (χ0n) is 20.0. The Hall–Kier alpha value is -2.64. The Morgan fingerprint density at radius 3 is 2.55 bits per heavy atom. The van der Waals surface area contributed by atoms with Gasteiger partial charge in [0, 0.05) is 7.05 Å². The lowest BCUT2D eigenvalue weighted by molar-refractivity contribution is -0.139. The Balaban J connectivity index is 2.04.